The number of halogens is 1. The second kappa shape index (κ2) is 10.5. The number of hydrogen-bond donors (Lipinski definition) is 0. The molecule has 5 rings (SSSR count). The van der Waals surface area contributed by atoms with Gasteiger partial charge < -0.3 is 14.2 Å². The van der Waals surface area contributed by atoms with E-state index in [0.29, 0.717) is 34.9 Å². The van der Waals surface area contributed by atoms with Crippen LogP contribution in [0.2, 0.25) is 0 Å². The number of rotatable bonds is 6. The van der Waals surface area contributed by atoms with E-state index < -0.39 is 11.8 Å². The normalized spacial score (nSPS) is 23.9. The third kappa shape index (κ3) is 4.91. The van der Waals surface area contributed by atoms with Crippen molar-refractivity contribution in [2.75, 3.05) is 14.2 Å². The maximum absolute atomic E-state index is 13.8. The van der Waals surface area contributed by atoms with Gasteiger partial charge in [0.2, 0.25) is 0 Å². The first kappa shape index (κ1) is 25.2. The predicted octanol–water partition coefficient (Wildman–Crippen LogP) is 5.90. The van der Waals surface area contributed by atoms with Crippen molar-refractivity contribution in [3.63, 3.8) is 0 Å². The second-order valence-corrected chi connectivity index (χ2v) is 10.1. The van der Waals surface area contributed by atoms with Gasteiger partial charge in [0.25, 0.3) is 0 Å². The number of ketones is 1. The lowest BCUT2D eigenvalue weighted by Gasteiger charge is -2.37. The maximum atomic E-state index is 13.8. The van der Waals surface area contributed by atoms with Crippen LogP contribution in [0.3, 0.4) is 0 Å². The molecule has 2 aliphatic carbocycles. The Kier molecular flexibility index (Phi) is 7.13. The number of methoxy groups -OCH3 is 2. The van der Waals surface area contributed by atoms with Crippen LogP contribution in [0.4, 0.5) is 4.39 Å². The topological polar surface area (TPSA) is 74.2 Å². The molecule has 1 unspecified atom stereocenters. The number of nitrogens with zero attached hydrogens (tertiary/aromatic N) is 1. The average Bonchev–Trinajstić information content (AvgIpc) is 3.40. The zero-order chi connectivity index (χ0) is 26.1. The van der Waals surface area contributed by atoms with Crippen molar-refractivity contribution in [2.45, 2.75) is 63.4 Å². The van der Waals surface area contributed by atoms with Gasteiger partial charge in [-0.2, -0.15) is 0 Å². The first-order valence-corrected chi connectivity index (χ1v) is 12.9. The Hall–Kier alpha value is -3.48. The van der Waals surface area contributed by atoms with Gasteiger partial charge in [-0.25, -0.2) is 4.39 Å². The highest BCUT2D eigenvalue weighted by Crippen LogP contribution is 2.47. The molecule has 194 valence electrons. The molecular weight excluding hydrogens is 473 g/mol. The van der Waals surface area contributed by atoms with E-state index in [4.69, 9.17) is 19.2 Å². The highest BCUT2D eigenvalue weighted by Gasteiger charge is 2.45. The Balaban J connectivity index is 1.52. The standard InChI is InChI=1S/C30H32FNO5/c1-17-27(30(34)37-22-6-4-5-7-22)28(18-8-11-21(31)12-9-18)29-23(32-17)14-20(15-24(29)33)19-10-13-25(35-2)26(16-19)36-3/h8-13,16,20,22,27-28H,4-7,14-15H2,1-3H3/t20-,27?,28-/m1/s1. The van der Waals surface area contributed by atoms with Crippen molar-refractivity contribution >= 4 is 17.5 Å². The maximum Gasteiger partial charge on any atom is 0.315 e. The minimum Gasteiger partial charge on any atom is -0.493 e. The smallest absolute Gasteiger partial charge is 0.315 e. The van der Waals surface area contributed by atoms with Gasteiger partial charge in [-0.3, -0.25) is 14.6 Å². The number of Topliss-reactive ketones (excluding diaryl/α,β-unsaturated/α-hetero) is 1. The van der Waals surface area contributed by atoms with Gasteiger partial charge in [-0.05, 0) is 80.3 Å². The predicted molar refractivity (Wildman–Crippen MR) is 138 cm³/mol. The lowest BCUT2D eigenvalue weighted by atomic mass is 9.69. The van der Waals surface area contributed by atoms with E-state index in [9.17, 15) is 14.0 Å². The van der Waals surface area contributed by atoms with E-state index in [1.54, 1.807) is 26.4 Å². The van der Waals surface area contributed by atoms with Crippen LogP contribution in [0.5, 0.6) is 11.5 Å². The fourth-order valence-corrected chi connectivity index (χ4v) is 5.98. The summed E-state index contributed by atoms with van der Waals surface area (Å²) in [4.78, 5) is 32.0. The Bertz CT molecular complexity index is 1260. The molecule has 1 heterocycles. The second-order valence-electron chi connectivity index (χ2n) is 10.1. The Labute approximate surface area is 216 Å². The number of carbonyl (C=O) groups is 2. The lowest BCUT2D eigenvalue weighted by molar-refractivity contribution is -0.151. The summed E-state index contributed by atoms with van der Waals surface area (Å²) < 4.78 is 30.5. The fraction of sp³-hybridized carbons (Fsp3) is 0.433. The average molecular weight is 506 g/mol. The number of allylic oxidation sites excluding steroid dienone is 2. The van der Waals surface area contributed by atoms with Gasteiger partial charge in [0.1, 0.15) is 17.8 Å². The van der Waals surface area contributed by atoms with Crippen molar-refractivity contribution in [1.29, 1.82) is 0 Å². The van der Waals surface area contributed by atoms with Crippen LogP contribution >= 0.6 is 0 Å². The first-order chi connectivity index (χ1) is 17.9. The van der Waals surface area contributed by atoms with E-state index in [-0.39, 0.29) is 36.0 Å². The molecule has 1 aliphatic heterocycles. The minimum absolute atomic E-state index is 0.0507. The Morgan fingerprint density at radius 3 is 2.30 bits per heavy atom. The molecule has 37 heavy (non-hydrogen) atoms. The summed E-state index contributed by atoms with van der Waals surface area (Å²) >= 11 is 0. The Morgan fingerprint density at radius 2 is 1.62 bits per heavy atom. The summed E-state index contributed by atoms with van der Waals surface area (Å²) in [5.41, 5.74) is 3.54. The van der Waals surface area contributed by atoms with Crippen LogP contribution in [0.25, 0.3) is 0 Å². The molecule has 0 N–H and O–H groups in total. The van der Waals surface area contributed by atoms with Crippen molar-refractivity contribution in [1.82, 2.24) is 0 Å². The van der Waals surface area contributed by atoms with E-state index in [0.717, 1.165) is 36.8 Å². The number of aliphatic imine (C=N–C) groups is 1. The molecular formula is C30H32FNO5. The summed E-state index contributed by atoms with van der Waals surface area (Å²) in [7, 11) is 3.17. The number of esters is 1. The lowest BCUT2D eigenvalue weighted by Crippen LogP contribution is -2.39. The molecule has 0 aromatic heterocycles. The molecule has 3 atom stereocenters. The highest BCUT2D eigenvalue weighted by atomic mass is 19.1. The molecule has 0 spiro atoms. The van der Waals surface area contributed by atoms with E-state index in [2.05, 4.69) is 0 Å². The van der Waals surface area contributed by atoms with Crippen molar-refractivity contribution in [3.8, 4) is 11.5 Å². The quantitative estimate of drug-likeness (QED) is 0.457. The van der Waals surface area contributed by atoms with Gasteiger partial charge in [-0.15, -0.1) is 0 Å². The number of ether oxygens (including phenoxy) is 3. The minimum atomic E-state index is -0.716. The molecule has 2 aromatic rings. The first-order valence-electron chi connectivity index (χ1n) is 12.9. The molecule has 1 saturated carbocycles. The van der Waals surface area contributed by atoms with Crippen LogP contribution in [-0.2, 0) is 14.3 Å². The van der Waals surface area contributed by atoms with E-state index >= 15 is 0 Å². The van der Waals surface area contributed by atoms with E-state index in [1.165, 1.54) is 12.1 Å². The Morgan fingerprint density at radius 1 is 0.946 bits per heavy atom. The number of carbonyl (C=O) groups excluding carboxylic acids is 2. The van der Waals surface area contributed by atoms with E-state index in [1.807, 2.05) is 25.1 Å². The summed E-state index contributed by atoms with van der Waals surface area (Å²) in [6, 6.07) is 11.8. The number of benzene rings is 2. The SMILES string of the molecule is COc1ccc([C@H]2CC(=O)C3=C(C2)N=C(C)C(C(=O)OC2CCCC2)[C@H]3c2ccc(F)cc2)cc1OC. The van der Waals surface area contributed by atoms with Gasteiger partial charge in [0, 0.05) is 29.3 Å². The van der Waals surface area contributed by atoms with Crippen LogP contribution < -0.4 is 9.47 Å². The monoisotopic (exact) mass is 505 g/mol. The van der Waals surface area contributed by atoms with Gasteiger partial charge in [0.05, 0.1) is 14.2 Å². The molecule has 0 saturated heterocycles. The molecule has 2 aromatic carbocycles. The fourth-order valence-electron chi connectivity index (χ4n) is 5.98. The molecule has 0 bridgehead atoms. The van der Waals surface area contributed by atoms with Crippen molar-refractivity contribution in [3.05, 3.63) is 70.7 Å². The van der Waals surface area contributed by atoms with Crippen LogP contribution in [0, 0.1) is 11.7 Å². The van der Waals surface area contributed by atoms with Crippen LogP contribution in [0.15, 0.2) is 58.7 Å². The largest absolute Gasteiger partial charge is 0.493 e. The van der Waals surface area contributed by atoms with Crippen molar-refractivity contribution in [2.24, 2.45) is 10.9 Å². The van der Waals surface area contributed by atoms with Crippen LogP contribution in [-0.4, -0.2) is 37.8 Å². The third-order valence-electron chi connectivity index (χ3n) is 7.84. The molecule has 3 aliphatic rings. The van der Waals surface area contributed by atoms with Gasteiger partial charge >= 0.3 is 5.97 Å². The summed E-state index contributed by atoms with van der Waals surface area (Å²) in [5, 5.41) is 0. The zero-order valence-corrected chi connectivity index (χ0v) is 21.5. The molecule has 7 heteroatoms. The van der Waals surface area contributed by atoms with Gasteiger partial charge in [0.15, 0.2) is 17.3 Å². The third-order valence-corrected chi connectivity index (χ3v) is 7.84. The van der Waals surface area contributed by atoms with Crippen LogP contribution in [0.1, 0.15) is 68.4 Å². The molecule has 1 fully saturated rings. The highest BCUT2D eigenvalue weighted by molar-refractivity contribution is 6.09. The summed E-state index contributed by atoms with van der Waals surface area (Å²) in [5.74, 6) is -0.901. The number of hydrogen-bond acceptors (Lipinski definition) is 6. The van der Waals surface area contributed by atoms with Gasteiger partial charge in [-0.1, -0.05) is 18.2 Å². The zero-order valence-electron chi connectivity index (χ0n) is 21.5. The molecule has 6 nitrogen and oxygen atoms in total. The van der Waals surface area contributed by atoms with Crippen molar-refractivity contribution < 1.29 is 28.2 Å². The molecule has 0 radical (unpaired) electrons. The summed E-state index contributed by atoms with van der Waals surface area (Å²) in [6.45, 7) is 1.82. The summed E-state index contributed by atoms with van der Waals surface area (Å²) in [6.07, 6.45) is 4.54. The molecule has 0 amide bonds.